The molecule has 1 N–H and O–H groups in total. The van der Waals surface area contributed by atoms with E-state index in [0.29, 0.717) is 29.7 Å². The summed E-state index contributed by atoms with van der Waals surface area (Å²) in [5, 5.41) is 8.21. The lowest BCUT2D eigenvalue weighted by Gasteiger charge is -2.23. The molecule has 0 spiro atoms. The van der Waals surface area contributed by atoms with E-state index in [9.17, 15) is 0 Å². The van der Waals surface area contributed by atoms with Crippen molar-refractivity contribution in [2.75, 3.05) is 45.8 Å². The van der Waals surface area contributed by atoms with Crippen LogP contribution in [0, 0.1) is 5.92 Å². The molecule has 7 nitrogen and oxygen atoms in total. The average molecular weight is 559 g/mol. The van der Waals surface area contributed by atoms with Crippen LogP contribution in [-0.2, 0) is 6.42 Å². The van der Waals surface area contributed by atoms with Gasteiger partial charge in [0.1, 0.15) is 0 Å². The molecule has 0 saturated carbocycles. The topological polar surface area (TPSA) is 69.8 Å². The summed E-state index contributed by atoms with van der Waals surface area (Å²) in [6.07, 6.45) is 4.58. The first-order valence-corrected chi connectivity index (χ1v) is 11.4. The van der Waals surface area contributed by atoms with Gasteiger partial charge in [0, 0.05) is 43.2 Å². The molecule has 1 unspecified atom stereocenters. The summed E-state index contributed by atoms with van der Waals surface area (Å²) in [5.74, 6) is 2.93. The SMILES string of the molecule is CCNC(=NCCc1nc(-c2ccc(Cl)cc2)no1)N1CCC(CN2CCCC2)C1.I. The Kier molecular flexibility index (Phi) is 9.40. The van der Waals surface area contributed by atoms with Gasteiger partial charge >= 0.3 is 0 Å². The summed E-state index contributed by atoms with van der Waals surface area (Å²) in [7, 11) is 0. The van der Waals surface area contributed by atoms with Crippen LogP contribution in [0.1, 0.15) is 32.1 Å². The van der Waals surface area contributed by atoms with Gasteiger partial charge in [0.2, 0.25) is 11.7 Å². The van der Waals surface area contributed by atoms with Crippen molar-refractivity contribution in [2.24, 2.45) is 10.9 Å². The van der Waals surface area contributed by atoms with Crippen molar-refractivity contribution in [1.82, 2.24) is 25.3 Å². The van der Waals surface area contributed by atoms with Gasteiger partial charge in [0.25, 0.3) is 0 Å². The molecule has 0 radical (unpaired) electrons. The summed E-state index contributed by atoms with van der Waals surface area (Å²) in [6, 6.07) is 7.44. The van der Waals surface area contributed by atoms with Crippen LogP contribution in [0.2, 0.25) is 5.02 Å². The molecular formula is C22H32ClIN6O. The normalized spacial score (nSPS) is 19.6. The first-order chi connectivity index (χ1) is 14.7. The van der Waals surface area contributed by atoms with Gasteiger partial charge in [-0.2, -0.15) is 4.98 Å². The lowest BCUT2D eigenvalue weighted by atomic mass is 10.1. The molecule has 1 aromatic heterocycles. The van der Waals surface area contributed by atoms with E-state index in [0.717, 1.165) is 37.1 Å². The molecular weight excluding hydrogens is 527 g/mol. The Morgan fingerprint density at radius 3 is 2.74 bits per heavy atom. The Bertz CT molecular complexity index is 837. The van der Waals surface area contributed by atoms with Gasteiger partial charge in [-0.25, -0.2) is 0 Å². The Labute approximate surface area is 206 Å². The van der Waals surface area contributed by atoms with Gasteiger partial charge in [0.05, 0.1) is 6.54 Å². The molecule has 9 heteroatoms. The number of likely N-dealkylation sites (tertiary alicyclic amines) is 2. The Hall–Kier alpha value is -1.39. The second-order valence-corrected chi connectivity index (χ2v) is 8.55. The Balaban J connectivity index is 0.00000272. The fraction of sp³-hybridized carbons (Fsp3) is 0.591. The van der Waals surface area contributed by atoms with Crippen LogP contribution in [0.5, 0.6) is 0 Å². The van der Waals surface area contributed by atoms with Crippen molar-refractivity contribution in [3.8, 4) is 11.4 Å². The van der Waals surface area contributed by atoms with Crippen LogP contribution >= 0.6 is 35.6 Å². The highest BCUT2D eigenvalue weighted by molar-refractivity contribution is 14.0. The largest absolute Gasteiger partial charge is 0.357 e. The van der Waals surface area contributed by atoms with Crippen molar-refractivity contribution in [3.63, 3.8) is 0 Å². The molecule has 0 aliphatic carbocycles. The number of guanidine groups is 1. The summed E-state index contributed by atoms with van der Waals surface area (Å²) < 4.78 is 5.41. The predicted molar refractivity (Wildman–Crippen MR) is 135 cm³/mol. The number of halogens is 2. The zero-order valence-corrected chi connectivity index (χ0v) is 21.2. The molecule has 2 saturated heterocycles. The number of hydrogen-bond donors (Lipinski definition) is 1. The molecule has 3 heterocycles. The maximum Gasteiger partial charge on any atom is 0.228 e. The number of nitrogens with one attached hydrogen (secondary N) is 1. The zero-order chi connectivity index (χ0) is 20.8. The minimum atomic E-state index is 0. The molecule has 1 atom stereocenters. The van der Waals surface area contributed by atoms with Gasteiger partial charge in [0.15, 0.2) is 5.96 Å². The predicted octanol–water partition coefficient (Wildman–Crippen LogP) is 3.93. The van der Waals surface area contributed by atoms with Gasteiger partial charge in [-0.3, -0.25) is 4.99 Å². The molecule has 0 amide bonds. The van der Waals surface area contributed by atoms with Crippen molar-refractivity contribution in [3.05, 3.63) is 35.2 Å². The van der Waals surface area contributed by atoms with E-state index < -0.39 is 0 Å². The third-order valence-electron chi connectivity index (χ3n) is 5.79. The highest BCUT2D eigenvalue weighted by atomic mass is 127. The first kappa shape index (κ1) is 24.3. The van der Waals surface area contributed by atoms with E-state index in [-0.39, 0.29) is 24.0 Å². The maximum atomic E-state index is 5.94. The molecule has 2 aliphatic heterocycles. The molecule has 1 aromatic carbocycles. The standard InChI is InChI=1S/C22H31ClN6O.HI/c1-2-24-22(29-14-10-17(16-29)15-28-12-3-4-13-28)25-11-9-20-26-21(27-30-20)18-5-7-19(23)8-6-18;/h5-8,17H,2-4,9-16H2,1H3,(H,24,25);1H. The minimum absolute atomic E-state index is 0. The van der Waals surface area contributed by atoms with Crippen LogP contribution in [-0.4, -0.2) is 71.7 Å². The summed E-state index contributed by atoms with van der Waals surface area (Å²) in [4.78, 5) is 14.3. The summed E-state index contributed by atoms with van der Waals surface area (Å²) in [6.45, 7) is 9.54. The fourth-order valence-electron chi connectivity index (χ4n) is 4.26. The van der Waals surface area contributed by atoms with E-state index >= 15 is 0 Å². The zero-order valence-electron chi connectivity index (χ0n) is 18.1. The molecule has 170 valence electrons. The van der Waals surface area contributed by atoms with Crippen LogP contribution in [0.3, 0.4) is 0 Å². The van der Waals surface area contributed by atoms with Gasteiger partial charge in [-0.05, 0) is 69.5 Å². The fourth-order valence-corrected chi connectivity index (χ4v) is 4.39. The van der Waals surface area contributed by atoms with Crippen molar-refractivity contribution in [2.45, 2.75) is 32.6 Å². The highest BCUT2D eigenvalue weighted by Gasteiger charge is 2.27. The lowest BCUT2D eigenvalue weighted by Crippen LogP contribution is -2.41. The summed E-state index contributed by atoms with van der Waals surface area (Å²) in [5.41, 5.74) is 0.896. The van der Waals surface area contributed by atoms with Gasteiger partial charge in [-0.1, -0.05) is 16.8 Å². The van der Waals surface area contributed by atoms with Crippen molar-refractivity contribution >= 4 is 41.5 Å². The van der Waals surface area contributed by atoms with Crippen LogP contribution in [0.25, 0.3) is 11.4 Å². The average Bonchev–Trinajstić information content (AvgIpc) is 3.51. The van der Waals surface area contributed by atoms with Crippen LogP contribution in [0.15, 0.2) is 33.8 Å². The van der Waals surface area contributed by atoms with E-state index in [4.69, 9.17) is 21.1 Å². The van der Waals surface area contributed by atoms with E-state index in [1.165, 1.54) is 38.9 Å². The Morgan fingerprint density at radius 2 is 2.00 bits per heavy atom. The molecule has 31 heavy (non-hydrogen) atoms. The minimum Gasteiger partial charge on any atom is -0.357 e. The Morgan fingerprint density at radius 1 is 1.23 bits per heavy atom. The van der Waals surface area contributed by atoms with Crippen LogP contribution in [0.4, 0.5) is 0 Å². The summed E-state index contributed by atoms with van der Waals surface area (Å²) >= 11 is 5.94. The molecule has 0 bridgehead atoms. The van der Waals surface area contributed by atoms with Crippen molar-refractivity contribution in [1.29, 1.82) is 0 Å². The van der Waals surface area contributed by atoms with Gasteiger partial charge < -0.3 is 19.6 Å². The second-order valence-electron chi connectivity index (χ2n) is 8.11. The third kappa shape index (κ3) is 6.79. The van der Waals surface area contributed by atoms with Gasteiger partial charge in [-0.15, -0.1) is 24.0 Å². The highest BCUT2D eigenvalue weighted by Crippen LogP contribution is 2.21. The first-order valence-electron chi connectivity index (χ1n) is 11.1. The molecule has 2 fully saturated rings. The third-order valence-corrected chi connectivity index (χ3v) is 6.05. The number of nitrogens with zero attached hydrogens (tertiary/aromatic N) is 5. The molecule has 2 aromatic rings. The number of hydrogen-bond acceptors (Lipinski definition) is 5. The molecule has 4 rings (SSSR count). The van der Waals surface area contributed by atoms with E-state index in [1.54, 1.807) is 0 Å². The molecule has 2 aliphatic rings. The maximum absolute atomic E-state index is 5.94. The van der Waals surface area contributed by atoms with E-state index in [2.05, 4.69) is 32.2 Å². The van der Waals surface area contributed by atoms with E-state index in [1.807, 2.05) is 24.3 Å². The lowest BCUT2D eigenvalue weighted by molar-refractivity contribution is 0.281. The number of aliphatic imine (C=N–C) groups is 1. The number of aromatic nitrogens is 2. The number of rotatable bonds is 7. The smallest absolute Gasteiger partial charge is 0.228 e. The number of benzene rings is 1. The second kappa shape index (κ2) is 12.0. The monoisotopic (exact) mass is 558 g/mol. The quantitative estimate of drug-likeness (QED) is 0.316. The van der Waals surface area contributed by atoms with Crippen molar-refractivity contribution < 1.29 is 4.52 Å². The van der Waals surface area contributed by atoms with Crippen LogP contribution < -0.4 is 5.32 Å².